The summed E-state index contributed by atoms with van der Waals surface area (Å²) >= 11 is 0. The summed E-state index contributed by atoms with van der Waals surface area (Å²) in [5.74, 6) is 3.51. The molecule has 3 nitrogen and oxygen atoms in total. The summed E-state index contributed by atoms with van der Waals surface area (Å²) in [5.41, 5.74) is 0.278. The summed E-state index contributed by atoms with van der Waals surface area (Å²) in [5, 5.41) is 0. The Labute approximate surface area is 218 Å². The molecule has 3 aromatic rings. The van der Waals surface area contributed by atoms with Crippen molar-refractivity contribution in [3.63, 3.8) is 0 Å². The van der Waals surface area contributed by atoms with Crippen LogP contribution in [0.1, 0.15) is 65.2 Å². The molecule has 3 aromatic carbocycles. The van der Waals surface area contributed by atoms with Crippen molar-refractivity contribution in [3.8, 4) is 17.2 Å². The lowest BCUT2D eigenvalue weighted by Crippen LogP contribution is -2.26. The van der Waals surface area contributed by atoms with Gasteiger partial charge in [-0.1, -0.05) is 81.3 Å². The largest absolute Gasteiger partial charge is 0.494 e. The molecule has 0 saturated carbocycles. The minimum absolute atomic E-state index is 0.278. The molecule has 36 heavy (non-hydrogen) atoms. The molecule has 0 heterocycles. The fraction of sp³-hybridized carbons (Fsp3) is 0.455. The molecule has 0 aliphatic rings. The van der Waals surface area contributed by atoms with Crippen LogP contribution in [0.4, 0.5) is 0 Å². The maximum Gasteiger partial charge on any atom is 0.119 e. The average Bonchev–Trinajstić information content (AvgIpc) is 2.91. The summed E-state index contributed by atoms with van der Waals surface area (Å²) in [6.07, 6.45) is 9.32. The Morgan fingerprint density at radius 3 is 1.44 bits per heavy atom. The number of para-hydroxylation sites is 3. The van der Waals surface area contributed by atoms with E-state index < -0.39 is 0 Å². The molecule has 0 amide bonds. The zero-order valence-electron chi connectivity index (χ0n) is 22.2. The van der Waals surface area contributed by atoms with Crippen molar-refractivity contribution < 1.29 is 14.2 Å². The monoisotopic (exact) mass is 488 g/mol. The first-order valence-corrected chi connectivity index (χ1v) is 13.7. The summed E-state index contributed by atoms with van der Waals surface area (Å²) in [6, 6.07) is 30.4. The third kappa shape index (κ3) is 10.8. The third-order valence-electron chi connectivity index (χ3n) is 7.02. The highest BCUT2D eigenvalue weighted by molar-refractivity contribution is 5.22. The summed E-state index contributed by atoms with van der Waals surface area (Å²) < 4.78 is 17.8. The van der Waals surface area contributed by atoms with Crippen LogP contribution in [-0.4, -0.2) is 19.8 Å². The fourth-order valence-electron chi connectivity index (χ4n) is 4.73. The Morgan fingerprint density at radius 2 is 0.944 bits per heavy atom. The SMILES string of the molecule is CC(C)(CCCCCOc1ccccc1)C(CCCCOc1ccccc1)CCOc1ccccc1. The van der Waals surface area contributed by atoms with Crippen molar-refractivity contribution in [1.29, 1.82) is 0 Å². The second kappa shape index (κ2) is 15.9. The second-order valence-corrected chi connectivity index (χ2v) is 10.3. The molecular weight excluding hydrogens is 444 g/mol. The molecule has 0 radical (unpaired) electrons. The van der Waals surface area contributed by atoms with E-state index in [1.807, 2.05) is 91.0 Å². The van der Waals surface area contributed by atoms with Gasteiger partial charge in [0.15, 0.2) is 0 Å². The standard InChI is InChI=1S/C33H44O3/c1-33(2,25-14-6-15-26-34-30-18-7-3-8-19-30)29(24-28-36-32-22-11-5-12-23-32)17-13-16-27-35-31-20-9-4-10-21-31/h3-5,7-12,18-23,29H,6,13-17,24-28H2,1-2H3. The van der Waals surface area contributed by atoms with Gasteiger partial charge in [0.25, 0.3) is 0 Å². The van der Waals surface area contributed by atoms with Crippen LogP contribution in [0.25, 0.3) is 0 Å². The van der Waals surface area contributed by atoms with Crippen LogP contribution in [-0.2, 0) is 0 Å². The van der Waals surface area contributed by atoms with Crippen molar-refractivity contribution in [2.45, 2.75) is 65.2 Å². The lowest BCUT2D eigenvalue weighted by Gasteiger charge is -2.35. The van der Waals surface area contributed by atoms with Gasteiger partial charge in [-0.15, -0.1) is 0 Å². The molecular formula is C33H44O3. The number of hydrogen-bond acceptors (Lipinski definition) is 3. The molecule has 0 aliphatic carbocycles. The fourth-order valence-corrected chi connectivity index (χ4v) is 4.73. The van der Waals surface area contributed by atoms with Crippen molar-refractivity contribution >= 4 is 0 Å². The Bertz CT molecular complexity index is 925. The molecule has 3 heteroatoms. The lowest BCUT2D eigenvalue weighted by atomic mass is 9.71. The van der Waals surface area contributed by atoms with Gasteiger partial charge < -0.3 is 14.2 Å². The topological polar surface area (TPSA) is 27.7 Å². The predicted molar refractivity (Wildman–Crippen MR) is 150 cm³/mol. The average molecular weight is 489 g/mol. The Kier molecular flexibility index (Phi) is 12.2. The zero-order valence-corrected chi connectivity index (χ0v) is 22.2. The van der Waals surface area contributed by atoms with E-state index in [0.29, 0.717) is 5.92 Å². The number of rotatable bonds is 18. The van der Waals surface area contributed by atoms with E-state index in [1.54, 1.807) is 0 Å². The summed E-state index contributed by atoms with van der Waals surface area (Å²) in [6.45, 7) is 7.23. The lowest BCUT2D eigenvalue weighted by molar-refractivity contribution is 0.136. The van der Waals surface area contributed by atoms with Crippen LogP contribution < -0.4 is 14.2 Å². The highest BCUT2D eigenvalue weighted by Crippen LogP contribution is 2.38. The predicted octanol–water partition coefficient (Wildman–Crippen LogP) is 8.99. The van der Waals surface area contributed by atoms with Gasteiger partial charge in [0.05, 0.1) is 19.8 Å². The van der Waals surface area contributed by atoms with Gasteiger partial charge in [0.2, 0.25) is 0 Å². The van der Waals surface area contributed by atoms with Gasteiger partial charge >= 0.3 is 0 Å². The number of benzene rings is 3. The van der Waals surface area contributed by atoms with Gasteiger partial charge in [-0.3, -0.25) is 0 Å². The van der Waals surface area contributed by atoms with Crippen LogP contribution in [0.5, 0.6) is 17.2 Å². The van der Waals surface area contributed by atoms with Crippen molar-refractivity contribution in [3.05, 3.63) is 91.0 Å². The first kappa shape index (κ1) is 27.6. The normalized spacial score (nSPS) is 12.2. The van der Waals surface area contributed by atoms with E-state index in [9.17, 15) is 0 Å². The van der Waals surface area contributed by atoms with Crippen molar-refractivity contribution in [1.82, 2.24) is 0 Å². The van der Waals surface area contributed by atoms with Gasteiger partial charge in [-0.2, -0.15) is 0 Å². The first-order valence-electron chi connectivity index (χ1n) is 13.7. The molecule has 0 saturated heterocycles. The van der Waals surface area contributed by atoms with Crippen molar-refractivity contribution in [2.24, 2.45) is 11.3 Å². The molecule has 0 spiro atoms. The zero-order chi connectivity index (χ0) is 25.3. The molecule has 0 fully saturated rings. The first-order chi connectivity index (χ1) is 17.6. The van der Waals surface area contributed by atoms with Crippen molar-refractivity contribution in [2.75, 3.05) is 19.8 Å². The molecule has 1 unspecified atom stereocenters. The minimum atomic E-state index is 0.278. The maximum atomic E-state index is 6.08. The number of ether oxygens (including phenoxy) is 3. The quantitative estimate of drug-likeness (QED) is 0.167. The maximum absolute atomic E-state index is 6.08. The van der Waals surface area contributed by atoms with E-state index in [4.69, 9.17) is 14.2 Å². The molecule has 0 aromatic heterocycles. The highest BCUT2D eigenvalue weighted by atomic mass is 16.5. The molecule has 1 atom stereocenters. The van der Waals surface area contributed by atoms with Gasteiger partial charge in [-0.05, 0) is 86.3 Å². The van der Waals surface area contributed by atoms with Gasteiger partial charge in [0.1, 0.15) is 17.2 Å². The molecule has 3 rings (SSSR count). The van der Waals surface area contributed by atoms with Crippen LogP contribution in [0.15, 0.2) is 91.0 Å². The molecule has 194 valence electrons. The number of hydrogen-bond donors (Lipinski definition) is 0. The van der Waals surface area contributed by atoms with E-state index in [-0.39, 0.29) is 5.41 Å². The third-order valence-corrected chi connectivity index (χ3v) is 7.02. The Balaban J connectivity index is 1.40. The highest BCUT2D eigenvalue weighted by Gasteiger charge is 2.28. The van der Waals surface area contributed by atoms with E-state index in [1.165, 1.54) is 32.1 Å². The van der Waals surface area contributed by atoms with Crippen LogP contribution in [0.2, 0.25) is 0 Å². The number of unbranched alkanes of at least 4 members (excludes halogenated alkanes) is 3. The molecule has 0 bridgehead atoms. The second-order valence-electron chi connectivity index (χ2n) is 10.3. The van der Waals surface area contributed by atoms with Gasteiger partial charge in [-0.25, -0.2) is 0 Å². The van der Waals surface area contributed by atoms with E-state index >= 15 is 0 Å². The van der Waals surface area contributed by atoms with E-state index in [2.05, 4.69) is 13.8 Å². The molecule has 0 N–H and O–H groups in total. The molecule has 0 aliphatic heterocycles. The Morgan fingerprint density at radius 1 is 0.500 bits per heavy atom. The van der Waals surface area contributed by atoms with Crippen LogP contribution in [0.3, 0.4) is 0 Å². The Hall–Kier alpha value is -2.94. The minimum Gasteiger partial charge on any atom is -0.494 e. The van der Waals surface area contributed by atoms with E-state index in [0.717, 1.165) is 56.3 Å². The van der Waals surface area contributed by atoms with Crippen LogP contribution in [0, 0.1) is 11.3 Å². The van der Waals surface area contributed by atoms with Crippen LogP contribution >= 0.6 is 0 Å². The van der Waals surface area contributed by atoms with Gasteiger partial charge in [0, 0.05) is 0 Å². The smallest absolute Gasteiger partial charge is 0.119 e. The summed E-state index contributed by atoms with van der Waals surface area (Å²) in [7, 11) is 0. The summed E-state index contributed by atoms with van der Waals surface area (Å²) in [4.78, 5) is 0.